The molecule has 148 valence electrons. The molecule has 0 N–H and O–H groups in total. The van der Waals surface area contributed by atoms with Crippen LogP contribution in [-0.4, -0.2) is 81.0 Å². The zero-order valence-corrected chi connectivity index (χ0v) is 16.4. The van der Waals surface area contributed by atoms with Gasteiger partial charge in [0.05, 0.1) is 13.2 Å². The molecule has 3 aliphatic rings. The minimum absolute atomic E-state index is 0.213. The molecule has 3 fully saturated rings. The van der Waals surface area contributed by atoms with Crippen LogP contribution in [0.1, 0.15) is 13.3 Å². The van der Waals surface area contributed by atoms with E-state index in [1.54, 1.807) is 12.1 Å². The van der Waals surface area contributed by atoms with Crippen molar-refractivity contribution >= 4 is 21.7 Å². The fraction of sp³-hybridized carbons (Fsp3) is 0.667. The van der Waals surface area contributed by atoms with Gasteiger partial charge in [-0.25, -0.2) is 13.4 Å². The van der Waals surface area contributed by atoms with Gasteiger partial charge in [-0.1, -0.05) is 6.92 Å². The lowest BCUT2D eigenvalue weighted by Crippen LogP contribution is -2.49. The number of carbonyl (C=O) groups excluding carboxylic acids is 1. The third-order valence-electron chi connectivity index (χ3n) is 5.67. The van der Waals surface area contributed by atoms with Gasteiger partial charge in [0.25, 0.3) is 0 Å². The summed E-state index contributed by atoms with van der Waals surface area (Å²) in [5, 5.41) is 0. The second-order valence-electron chi connectivity index (χ2n) is 7.50. The summed E-state index contributed by atoms with van der Waals surface area (Å²) >= 11 is 0. The highest BCUT2D eigenvalue weighted by molar-refractivity contribution is 7.89. The normalized spacial score (nSPS) is 26.9. The van der Waals surface area contributed by atoms with E-state index >= 15 is 0 Å². The molecule has 4 rings (SSSR count). The average Bonchev–Trinajstić information content (AvgIpc) is 3.45. The van der Waals surface area contributed by atoms with Gasteiger partial charge in [-0.2, -0.15) is 4.31 Å². The van der Waals surface area contributed by atoms with Crippen LogP contribution >= 0.6 is 0 Å². The van der Waals surface area contributed by atoms with Crippen molar-refractivity contribution < 1.29 is 17.9 Å². The predicted octanol–water partition coefficient (Wildman–Crippen LogP) is 0.407. The molecule has 0 spiro atoms. The van der Waals surface area contributed by atoms with Gasteiger partial charge in [-0.3, -0.25) is 4.79 Å². The van der Waals surface area contributed by atoms with E-state index in [4.69, 9.17) is 4.74 Å². The third kappa shape index (κ3) is 3.81. The first-order chi connectivity index (χ1) is 13.0. The molecule has 1 aromatic rings. The number of amides is 1. The summed E-state index contributed by atoms with van der Waals surface area (Å²) in [6.07, 6.45) is 2.45. The van der Waals surface area contributed by atoms with Gasteiger partial charge >= 0.3 is 0 Å². The van der Waals surface area contributed by atoms with Crippen molar-refractivity contribution in [3.05, 3.63) is 18.3 Å². The number of morpholine rings is 1. The van der Waals surface area contributed by atoms with E-state index in [2.05, 4.69) is 16.8 Å². The van der Waals surface area contributed by atoms with E-state index < -0.39 is 10.0 Å². The lowest BCUT2D eigenvalue weighted by Gasteiger charge is -2.35. The lowest BCUT2D eigenvalue weighted by molar-refractivity contribution is -0.133. The van der Waals surface area contributed by atoms with Crippen molar-refractivity contribution in [2.24, 2.45) is 11.8 Å². The molecule has 27 heavy (non-hydrogen) atoms. The molecule has 2 aliphatic heterocycles. The monoisotopic (exact) mass is 394 g/mol. The van der Waals surface area contributed by atoms with Gasteiger partial charge in [0.1, 0.15) is 10.7 Å². The minimum Gasteiger partial charge on any atom is -0.379 e. The highest BCUT2D eigenvalue weighted by atomic mass is 32.2. The summed E-state index contributed by atoms with van der Waals surface area (Å²) in [6.45, 7) is 6.54. The first-order valence-electron chi connectivity index (χ1n) is 9.54. The second-order valence-corrected chi connectivity index (χ2v) is 9.44. The highest BCUT2D eigenvalue weighted by Gasteiger charge is 2.42. The molecule has 1 aromatic heterocycles. The number of ether oxygens (including phenoxy) is 1. The summed E-state index contributed by atoms with van der Waals surface area (Å²) in [7, 11) is -3.52. The Morgan fingerprint density at radius 1 is 1.11 bits per heavy atom. The standard InChI is InChI=1S/C18H26N4O4S/c1-14-12-16(14)18(23)21-6-4-20(5-7-21)17-3-2-15(13-19-17)27(24,25)22-8-10-26-11-9-22/h2-3,13-14,16H,4-12H2,1H3/t14-,16-/m1/s1. The number of rotatable bonds is 4. The van der Waals surface area contributed by atoms with Crippen molar-refractivity contribution in [1.29, 1.82) is 0 Å². The van der Waals surface area contributed by atoms with Crippen LogP contribution in [0.2, 0.25) is 0 Å². The summed E-state index contributed by atoms with van der Waals surface area (Å²) in [5.41, 5.74) is 0. The van der Waals surface area contributed by atoms with E-state index in [1.165, 1.54) is 10.5 Å². The maximum Gasteiger partial charge on any atom is 0.244 e. The van der Waals surface area contributed by atoms with E-state index in [0.717, 1.165) is 25.3 Å². The average molecular weight is 394 g/mol. The summed E-state index contributed by atoms with van der Waals surface area (Å²) in [6, 6.07) is 3.38. The Morgan fingerprint density at radius 2 is 1.78 bits per heavy atom. The van der Waals surface area contributed by atoms with Crippen LogP contribution < -0.4 is 4.90 Å². The van der Waals surface area contributed by atoms with Crippen LogP contribution in [0.5, 0.6) is 0 Å². The Morgan fingerprint density at radius 3 is 2.33 bits per heavy atom. The van der Waals surface area contributed by atoms with Gasteiger partial charge in [-0.05, 0) is 24.5 Å². The quantitative estimate of drug-likeness (QED) is 0.736. The molecule has 0 unspecified atom stereocenters. The zero-order chi connectivity index (χ0) is 19.0. The first kappa shape index (κ1) is 18.6. The molecular formula is C18H26N4O4S. The molecule has 1 saturated carbocycles. The Bertz CT molecular complexity index is 784. The number of carbonyl (C=O) groups is 1. The molecule has 1 aliphatic carbocycles. The molecule has 0 bridgehead atoms. The first-order valence-corrected chi connectivity index (χ1v) is 11.0. The molecule has 3 heterocycles. The maximum atomic E-state index is 12.7. The molecule has 0 aromatic carbocycles. The summed E-state index contributed by atoms with van der Waals surface area (Å²) in [4.78, 5) is 21.0. The minimum atomic E-state index is -3.52. The van der Waals surface area contributed by atoms with Gasteiger partial charge in [0, 0.05) is 51.4 Å². The number of sulfonamides is 1. The number of hydrogen-bond donors (Lipinski definition) is 0. The Hall–Kier alpha value is -1.71. The molecule has 0 radical (unpaired) electrons. The van der Waals surface area contributed by atoms with Crippen LogP contribution in [0, 0.1) is 11.8 Å². The zero-order valence-electron chi connectivity index (χ0n) is 15.6. The highest BCUT2D eigenvalue weighted by Crippen LogP contribution is 2.39. The number of piperazine rings is 1. The van der Waals surface area contributed by atoms with Gasteiger partial charge in [0.15, 0.2) is 0 Å². The second kappa shape index (κ2) is 7.37. The SMILES string of the molecule is C[C@@H]1C[C@H]1C(=O)N1CCN(c2ccc(S(=O)(=O)N3CCOCC3)cn2)CC1. The Labute approximate surface area is 160 Å². The molecule has 1 amide bonds. The molecular weight excluding hydrogens is 368 g/mol. The lowest BCUT2D eigenvalue weighted by atomic mass is 10.2. The summed E-state index contributed by atoms with van der Waals surface area (Å²) in [5.74, 6) is 1.78. The van der Waals surface area contributed by atoms with Gasteiger partial charge < -0.3 is 14.5 Å². The Balaban J connectivity index is 1.37. The fourth-order valence-electron chi connectivity index (χ4n) is 3.70. The number of anilines is 1. The summed E-state index contributed by atoms with van der Waals surface area (Å²) < 4.78 is 32.0. The van der Waals surface area contributed by atoms with Crippen LogP contribution in [0.15, 0.2) is 23.2 Å². The van der Waals surface area contributed by atoms with Crippen molar-refractivity contribution in [2.45, 2.75) is 18.2 Å². The molecule has 2 saturated heterocycles. The van der Waals surface area contributed by atoms with Crippen molar-refractivity contribution in [1.82, 2.24) is 14.2 Å². The van der Waals surface area contributed by atoms with E-state index in [-0.39, 0.29) is 16.7 Å². The Kier molecular flexibility index (Phi) is 5.09. The predicted molar refractivity (Wildman–Crippen MR) is 99.9 cm³/mol. The number of aromatic nitrogens is 1. The van der Waals surface area contributed by atoms with Crippen LogP contribution in [-0.2, 0) is 19.6 Å². The van der Waals surface area contributed by atoms with Crippen molar-refractivity contribution in [3.63, 3.8) is 0 Å². The van der Waals surface area contributed by atoms with Crippen molar-refractivity contribution in [2.75, 3.05) is 57.4 Å². The van der Waals surface area contributed by atoms with E-state index in [9.17, 15) is 13.2 Å². The smallest absolute Gasteiger partial charge is 0.244 e. The number of pyridine rings is 1. The third-order valence-corrected chi connectivity index (χ3v) is 7.55. The topological polar surface area (TPSA) is 83.1 Å². The van der Waals surface area contributed by atoms with Crippen LogP contribution in [0.25, 0.3) is 0 Å². The molecule has 9 heteroatoms. The van der Waals surface area contributed by atoms with Gasteiger partial charge in [-0.15, -0.1) is 0 Å². The van der Waals surface area contributed by atoms with Crippen LogP contribution in [0.3, 0.4) is 0 Å². The van der Waals surface area contributed by atoms with E-state index in [1.807, 2.05) is 4.90 Å². The molecule has 2 atom stereocenters. The fourth-order valence-corrected chi connectivity index (χ4v) is 5.06. The van der Waals surface area contributed by atoms with Crippen LogP contribution in [0.4, 0.5) is 5.82 Å². The number of nitrogens with zero attached hydrogens (tertiary/aromatic N) is 4. The largest absolute Gasteiger partial charge is 0.379 e. The van der Waals surface area contributed by atoms with E-state index in [0.29, 0.717) is 45.3 Å². The van der Waals surface area contributed by atoms with Gasteiger partial charge in [0.2, 0.25) is 15.9 Å². The number of hydrogen-bond acceptors (Lipinski definition) is 6. The maximum absolute atomic E-state index is 12.7. The molecule has 8 nitrogen and oxygen atoms in total. The van der Waals surface area contributed by atoms with Crippen molar-refractivity contribution in [3.8, 4) is 0 Å².